The summed E-state index contributed by atoms with van der Waals surface area (Å²) in [6.45, 7) is 0.818. The van der Waals surface area contributed by atoms with Gasteiger partial charge in [-0.2, -0.15) is 0 Å². The minimum Gasteiger partial charge on any atom is -0.454 e. The van der Waals surface area contributed by atoms with Crippen LogP contribution in [0.25, 0.3) is 0 Å². The van der Waals surface area contributed by atoms with Crippen molar-refractivity contribution < 1.29 is 23.9 Å². The highest BCUT2D eigenvalue weighted by Crippen LogP contribution is 2.34. The molecule has 2 aliphatic rings. The van der Waals surface area contributed by atoms with E-state index in [1.54, 1.807) is 25.1 Å². The highest BCUT2D eigenvalue weighted by atomic mass is 35.5. The summed E-state index contributed by atoms with van der Waals surface area (Å²) in [6.07, 6.45) is 4.76. The van der Waals surface area contributed by atoms with Crippen molar-refractivity contribution in [2.45, 2.75) is 25.8 Å². The number of carbonyl (C=O) groups excluding carboxylic acids is 4. The lowest BCUT2D eigenvalue weighted by atomic mass is 9.85. The highest BCUT2D eigenvalue weighted by Gasteiger charge is 2.47. The average Bonchev–Trinajstić information content (AvgIpc) is 2.91. The summed E-state index contributed by atoms with van der Waals surface area (Å²) in [4.78, 5) is 49.6. The van der Waals surface area contributed by atoms with Crippen LogP contribution < -0.4 is 5.32 Å². The number of carbonyl (C=O) groups is 4. The molecular weight excluding hydrogens is 384 g/mol. The van der Waals surface area contributed by atoms with Crippen LogP contribution in [0.2, 0.25) is 5.02 Å². The van der Waals surface area contributed by atoms with E-state index in [1.807, 2.05) is 18.2 Å². The van der Waals surface area contributed by atoms with Gasteiger partial charge in [0.15, 0.2) is 6.61 Å². The summed E-state index contributed by atoms with van der Waals surface area (Å²) in [6, 6.07) is 6.74. The lowest BCUT2D eigenvalue weighted by Gasteiger charge is -2.16. The van der Waals surface area contributed by atoms with E-state index in [4.69, 9.17) is 16.3 Å². The van der Waals surface area contributed by atoms with Crippen LogP contribution in [0, 0.1) is 11.8 Å². The van der Waals surface area contributed by atoms with Gasteiger partial charge in [-0.3, -0.25) is 24.1 Å². The molecule has 0 aromatic heterocycles. The number of esters is 1. The van der Waals surface area contributed by atoms with Crippen LogP contribution in [-0.2, 0) is 23.9 Å². The first-order valence-electron chi connectivity index (χ1n) is 9.07. The zero-order valence-corrected chi connectivity index (χ0v) is 16.1. The fraction of sp³-hybridized carbons (Fsp3) is 0.400. The van der Waals surface area contributed by atoms with Crippen LogP contribution in [0.15, 0.2) is 36.4 Å². The molecule has 0 saturated carbocycles. The van der Waals surface area contributed by atoms with E-state index in [0.29, 0.717) is 17.9 Å². The Labute approximate surface area is 167 Å². The minimum absolute atomic E-state index is 0.317. The summed E-state index contributed by atoms with van der Waals surface area (Å²) < 4.78 is 4.94. The fourth-order valence-electron chi connectivity index (χ4n) is 3.49. The van der Waals surface area contributed by atoms with Crippen molar-refractivity contribution in [1.82, 2.24) is 10.2 Å². The van der Waals surface area contributed by atoms with Gasteiger partial charge in [-0.25, -0.2) is 0 Å². The van der Waals surface area contributed by atoms with Gasteiger partial charge in [0, 0.05) is 5.02 Å². The van der Waals surface area contributed by atoms with E-state index in [2.05, 4.69) is 5.32 Å². The average molecular weight is 405 g/mol. The van der Waals surface area contributed by atoms with Crippen molar-refractivity contribution in [3.8, 4) is 0 Å². The molecule has 7 nitrogen and oxygen atoms in total. The molecule has 0 radical (unpaired) electrons. The zero-order valence-electron chi connectivity index (χ0n) is 15.4. The predicted molar refractivity (Wildman–Crippen MR) is 101 cm³/mol. The Morgan fingerprint density at radius 2 is 1.86 bits per heavy atom. The summed E-state index contributed by atoms with van der Waals surface area (Å²) in [5, 5.41) is 3.26. The van der Waals surface area contributed by atoms with Crippen LogP contribution in [0.1, 0.15) is 31.4 Å². The van der Waals surface area contributed by atoms with Gasteiger partial charge in [0.05, 0.1) is 17.9 Å². The van der Waals surface area contributed by atoms with Crippen molar-refractivity contribution in [3.05, 3.63) is 47.0 Å². The predicted octanol–water partition coefficient (Wildman–Crippen LogP) is 2.01. The number of hydrogen-bond donors (Lipinski definition) is 1. The first kappa shape index (κ1) is 20.1. The van der Waals surface area contributed by atoms with Gasteiger partial charge in [0.25, 0.3) is 5.91 Å². The number of hydrogen-bond acceptors (Lipinski definition) is 5. The second kappa shape index (κ2) is 8.56. The third-order valence-corrected chi connectivity index (χ3v) is 5.21. The summed E-state index contributed by atoms with van der Waals surface area (Å²) >= 11 is 5.93. The molecule has 1 heterocycles. The Morgan fingerprint density at radius 3 is 2.46 bits per heavy atom. The second-order valence-electron chi connectivity index (χ2n) is 6.92. The van der Waals surface area contributed by atoms with Crippen LogP contribution in [0.5, 0.6) is 0 Å². The van der Waals surface area contributed by atoms with Crippen molar-refractivity contribution in [2.24, 2.45) is 11.8 Å². The third-order valence-electron chi connectivity index (χ3n) is 4.98. The van der Waals surface area contributed by atoms with E-state index in [9.17, 15) is 19.2 Å². The fourth-order valence-corrected chi connectivity index (χ4v) is 3.69. The molecule has 1 aliphatic heterocycles. The van der Waals surface area contributed by atoms with E-state index >= 15 is 0 Å². The highest BCUT2D eigenvalue weighted by molar-refractivity contribution is 6.30. The maximum Gasteiger partial charge on any atom is 0.326 e. The van der Waals surface area contributed by atoms with Gasteiger partial charge >= 0.3 is 5.97 Å². The van der Waals surface area contributed by atoms with Gasteiger partial charge in [-0.1, -0.05) is 35.9 Å². The number of nitrogens with zero attached hydrogens (tertiary/aromatic N) is 1. The van der Waals surface area contributed by atoms with Crippen LogP contribution >= 0.6 is 11.6 Å². The van der Waals surface area contributed by atoms with Gasteiger partial charge in [0.2, 0.25) is 11.8 Å². The number of rotatable bonds is 6. The van der Waals surface area contributed by atoms with E-state index in [1.165, 1.54) is 0 Å². The van der Waals surface area contributed by atoms with Crippen molar-refractivity contribution in [2.75, 3.05) is 13.2 Å². The molecule has 1 fully saturated rings. The monoisotopic (exact) mass is 404 g/mol. The molecule has 0 unspecified atom stereocenters. The largest absolute Gasteiger partial charge is 0.454 e. The standard InChI is InChI=1S/C20H21ClN2O5/c1-12(13-5-4-6-14(21)9-13)22-17(24)11-28-18(25)10-23-19(26)15-7-2-3-8-16(15)20(23)27/h2-6,9,12,15-16H,7-8,10-11H2,1H3,(H,22,24)/t12-,15-,16+/m1/s1. The van der Waals surface area contributed by atoms with E-state index in [0.717, 1.165) is 10.5 Å². The molecule has 28 heavy (non-hydrogen) atoms. The molecule has 3 atom stereocenters. The lowest BCUT2D eigenvalue weighted by molar-refractivity contribution is -0.155. The Kier molecular flexibility index (Phi) is 6.14. The summed E-state index contributed by atoms with van der Waals surface area (Å²) in [7, 11) is 0. The van der Waals surface area contributed by atoms with Crippen molar-refractivity contribution >= 4 is 35.3 Å². The molecule has 1 aliphatic carbocycles. The molecule has 8 heteroatoms. The Hall–Kier alpha value is -2.67. The first-order chi connectivity index (χ1) is 13.4. The molecule has 0 spiro atoms. The molecular formula is C20H21ClN2O5. The number of nitrogens with one attached hydrogen (secondary N) is 1. The molecule has 148 valence electrons. The van der Waals surface area contributed by atoms with Gasteiger partial charge in [-0.15, -0.1) is 0 Å². The Bertz CT molecular complexity index is 812. The molecule has 0 bridgehead atoms. The van der Waals surface area contributed by atoms with E-state index in [-0.39, 0.29) is 17.9 Å². The number of ether oxygens (including phenoxy) is 1. The van der Waals surface area contributed by atoms with Crippen LogP contribution in [-0.4, -0.2) is 41.7 Å². The SMILES string of the molecule is C[C@@H](NC(=O)COC(=O)CN1C(=O)[C@H]2CC=CC[C@H]2C1=O)c1cccc(Cl)c1. The molecule has 1 N–H and O–H groups in total. The molecule has 1 aromatic rings. The minimum atomic E-state index is -0.793. The molecule has 3 amide bonds. The summed E-state index contributed by atoms with van der Waals surface area (Å²) in [5.41, 5.74) is 0.816. The topological polar surface area (TPSA) is 92.8 Å². The Morgan fingerprint density at radius 1 is 1.21 bits per heavy atom. The first-order valence-corrected chi connectivity index (χ1v) is 9.45. The number of imide groups is 1. The number of amides is 3. The maximum atomic E-state index is 12.3. The molecule has 1 saturated heterocycles. The van der Waals surface area contributed by atoms with Crippen LogP contribution in [0.3, 0.4) is 0 Å². The van der Waals surface area contributed by atoms with Crippen molar-refractivity contribution in [1.29, 1.82) is 0 Å². The molecule has 3 rings (SSSR count). The van der Waals surface area contributed by atoms with Crippen LogP contribution in [0.4, 0.5) is 0 Å². The third kappa shape index (κ3) is 4.42. The zero-order chi connectivity index (χ0) is 20.3. The summed E-state index contributed by atoms with van der Waals surface area (Å²) in [5.74, 6) is -2.78. The maximum absolute atomic E-state index is 12.3. The number of halogens is 1. The number of benzene rings is 1. The number of fused-ring (bicyclic) bond motifs is 1. The smallest absolute Gasteiger partial charge is 0.326 e. The number of allylic oxidation sites excluding steroid dienone is 2. The quantitative estimate of drug-likeness (QED) is 0.445. The number of likely N-dealkylation sites (tertiary alicyclic amines) is 1. The van der Waals surface area contributed by atoms with Gasteiger partial charge in [0.1, 0.15) is 6.54 Å². The van der Waals surface area contributed by atoms with Crippen molar-refractivity contribution in [3.63, 3.8) is 0 Å². The van der Waals surface area contributed by atoms with Gasteiger partial charge < -0.3 is 10.1 Å². The van der Waals surface area contributed by atoms with E-state index < -0.39 is 36.9 Å². The normalized spacial score (nSPS) is 22.0. The Balaban J connectivity index is 1.47. The second-order valence-corrected chi connectivity index (χ2v) is 7.36. The van der Waals surface area contributed by atoms with Gasteiger partial charge in [-0.05, 0) is 37.5 Å². The lowest BCUT2D eigenvalue weighted by Crippen LogP contribution is -2.38. The molecule has 1 aromatic carbocycles.